The topological polar surface area (TPSA) is 55.8 Å². The van der Waals surface area contributed by atoms with Crippen LogP contribution in [0.25, 0.3) is 20.5 Å². The van der Waals surface area contributed by atoms with Crippen LogP contribution in [-0.2, 0) is 0 Å². The number of carbonyl (C=O) groups excluding carboxylic acids is 2. The molecule has 1 aliphatic rings. The van der Waals surface area contributed by atoms with E-state index in [-0.39, 0.29) is 17.1 Å². The average molecular weight is 584 g/mol. The number of nitrogens with zero attached hydrogens (tertiary/aromatic N) is 1. The van der Waals surface area contributed by atoms with Gasteiger partial charge in [-0.1, -0.05) is 6.07 Å². The van der Waals surface area contributed by atoms with Crippen molar-refractivity contribution < 1.29 is 27.8 Å². The molecule has 0 amide bonds. The largest absolute Gasteiger partial charge is 0.492 e. The predicted molar refractivity (Wildman–Crippen MR) is 160 cm³/mol. The third-order valence-corrected chi connectivity index (χ3v) is 8.49. The van der Waals surface area contributed by atoms with E-state index in [1.54, 1.807) is 12.1 Å². The monoisotopic (exact) mass is 583 g/mol. The molecular weight excluding hydrogens is 556 g/mol. The first-order chi connectivity index (χ1) is 20.5. The van der Waals surface area contributed by atoms with E-state index in [1.165, 1.54) is 72.7 Å². The van der Waals surface area contributed by atoms with Gasteiger partial charge in [0.15, 0.2) is 5.78 Å². The molecule has 0 saturated carbocycles. The highest BCUT2D eigenvalue weighted by molar-refractivity contribution is 7.22. The highest BCUT2D eigenvalue weighted by Gasteiger charge is 2.25. The number of thiophene rings is 1. The Hall–Kier alpha value is -4.40. The Morgan fingerprint density at radius 2 is 1.43 bits per heavy atom. The Morgan fingerprint density at radius 1 is 0.786 bits per heavy atom. The fraction of sp³-hybridized carbons (Fsp3) is 0.176. The minimum atomic E-state index is -0.675. The summed E-state index contributed by atoms with van der Waals surface area (Å²) in [5.41, 5.74) is 1.63. The van der Waals surface area contributed by atoms with Crippen molar-refractivity contribution >= 4 is 33.2 Å². The van der Waals surface area contributed by atoms with Gasteiger partial charge in [0.05, 0.1) is 11.1 Å². The lowest BCUT2D eigenvalue weighted by Crippen LogP contribution is -2.25. The normalized spacial score (nSPS) is 13.4. The van der Waals surface area contributed by atoms with Gasteiger partial charge in [-0.15, -0.1) is 11.3 Å². The molecule has 0 atom stereocenters. The summed E-state index contributed by atoms with van der Waals surface area (Å²) in [6.45, 7) is 3.70. The summed E-state index contributed by atoms with van der Waals surface area (Å²) in [6.07, 6.45) is 2.46. The molecule has 0 bridgehead atoms. The van der Waals surface area contributed by atoms with E-state index in [1.807, 2.05) is 30.3 Å². The molecule has 1 fully saturated rings. The van der Waals surface area contributed by atoms with Gasteiger partial charge in [-0.2, -0.15) is 0 Å². The smallest absolute Gasteiger partial charge is 0.343 e. The van der Waals surface area contributed by atoms with E-state index in [0.29, 0.717) is 28.0 Å². The second-order valence-electron chi connectivity index (χ2n) is 10.1. The zero-order chi connectivity index (χ0) is 29.1. The van der Waals surface area contributed by atoms with Gasteiger partial charge in [-0.25, -0.2) is 13.6 Å². The summed E-state index contributed by atoms with van der Waals surface area (Å²) in [4.78, 5) is 30.0. The van der Waals surface area contributed by atoms with Crippen LogP contribution in [0.1, 0.15) is 39.1 Å². The number of esters is 1. The quantitative estimate of drug-likeness (QED) is 0.101. The molecule has 0 N–H and O–H groups in total. The van der Waals surface area contributed by atoms with Crippen molar-refractivity contribution in [2.45, 2.75) is 12.8 Å². The van der Waals surface area contributed by atoms with Gasteiger partial charge in [0.1, 0.15) is 29.7 Å². The van der Waals surface area contributed by atoms with Crippen molar-refractivity contribution in [1.82, 2.24) is 4.90 Å². The van der Waals surface area contributed by atoms with Gasteiger partial charge in [0.25, 0.3) is 0 Å². The Bertz CT molecular complexity index is 1730. The van der Waals surface area contributed by atoms with Gasteiger partial charge in [0.2, 0.25) is 0 Å². The predicted octanol–water partition coefficient (Wildman–Crippen LogP) is 7.77. The molecule has 8 heteroatoms. The summed E-state index contributed by atoms with van der Waals surface area (Å²) in [7, 11) is 0. The number of halogens is 2. The second kappa shape index (κ2) is 12.2. The van der Waals surface area contributed by atoms with Crippen molar-refractivity contribution in [3.05, 3.63) is 119 Å². The van der Waals surface area contributed by atoms with Crippen LogP contribution in [-0.4, -0.2) is 42.9 Å². The van der Waals surface area contributed by atoms with Crippen LogP contribution < -0.4 is 9.47 Å². The minimum absolute atomic E-state index is 0.176. The Balaban J connectivity index is 1.36. The Labute approximate surface area is 245 Å². The van der Waals surface area contributed by atoms with E-state index in [4.69, 9.17) is 9.47 Å². The molecular formula is C34H27F2NO4S. The summed E-state index contributed by atoms with van der Waals surface area (Å²) in [6, 6.07) is 23.2. The van der Waals surface area contributed by atoms with E-state index < -0.39 is 17.6 Å². The summed E-state index contributed by atoms with van der Waals surface area (Å²) >= 11 is 1.40. The number of ether oxygens (including phenoxy) is 2. The Morgan fingerprint density at radius 3 is 2.10 bits per heavy atom. The SMILES string of the molecule is O=C(Oc1cccc2sc(-c3ccc(OCCN4CCCC4)cc3)c(C(=O)c3ccc(F)cc3)c12)c1ccc(F)cc1. The molecule has 1 aromatic heterocycles. The van der Waals surface area contributed by atoms with Crippen molar-refractivity contribution in [3.63, 3.8) is 0 Å². The fourth-order valence-electron chi connectivity index (χ4n) is 5.11. The summed E-state index contributed by atoms with van der Waals surface area (Å²) in [5.74, 6) is -0.975. The molecule has 4 aromatic carbocycles. The number of ketones is 1. The van der Waals surface area contributed by atoms with E-state index in [9.17, 15) is 18.4 Å². The molecule has 0 spiro atoms. The molecule has 1 aliphatic heterocycles. The molecule has 0 radical (unpaired) electrons. The zero-order valence-corrected chi connectivity index (χ0v) is 23.5. The molecule has 0 aliphatic carbocycles. The maximum Gasteiger partial charge on any atom is 0.343 e. The third kappa shape index (κ3) is 5.95. The number of benzene rings is 4. The third-order valence-electron chi connectivity index (χ3n) is 7.28. The van der Waals surface area contributed by atoms with Gasteiger partial charge in [-0.05, 0) is 116 Å². The average Bonchev–Trinajstić information content (AvgIpc) is 3.67. The molecule has 212 valence electrons. The zero-order valence-electron chi connectivity index (χ0n) is 22.6. The van der Waals surface area contributed by atoms with Gasteiger partial charge >= 0.3 is 5.97 Å². The summed E-state index contributed by atoms with van der Waals surface area (Å²) in [5, 5.41) is 0.480. The van der Waals surface area contributed by atoms with E-state index >= 15 is 0 Å². The van der Waals surface area contributed by atoms with Crippen LogP contribution in [0, 0.1) is 11.6 Å². The number of hydrogen-bond acceptors (Lipinski definition) is 6. The lowest BCUT2D eigenvalue weighted by atomic mass is 9.97. The summed E-state index contributed by atoms with van der Waals surface area (Å²) < 4.78 is 39.6. The lowest BCUT2D eigenvalue weighted by molar-refractivity contribution is 0.0736. The number of fused-ring (bicyclic) bond motifs is 1. The highest BCUT2D eigenvalue weighted by atomic mass is 32.1. The lowest BCUT2D eigenvalue weighted by Gasteiger charge is -2.15. The number of hydrogen-bond donors (Lipinski definition) is 0. The molecule has 5 nitrogen and oxygen atoms in total. The standard InChI is InChI=1S/C34H27F2NO4S/c35-25-12-6-22(7-13-25)32(38)31-30-28(41-34(39)24-8-14-26(36)15-9-24)4-3-5-29(30)42-33(31)23-10-16-27(17-11-23)40-21-20-37-18-1-2-19-37/h3-17H,1-2,18-21H2. The van der Waals surface area contributed by atoms with Gasteiger partial charge in [0, 0.05) is 27.1 Å². The molecule has 1 saturated heterocycles. The van der Waals surface area contributed by atoms with Crippen LogP contribution in [0.4, 0.5) is 8.78 Å². The van der Waals surface area contributed by atoms with Crippen LogP contribution >= 0.6 is 11.3 Å². The second-order valence-corrected chi connectivity index (χ2v) is 11.1. The fourth-order valence-corrected chi connectivity index (χ4v) is 6.34. The Kier molecular flexibility index (Phi) is 8.08. The number of carbonyl (C=O) groups is 2. The van der Waals surface area contributed by atoms with Crippen molar-refractivity contribution in [2.24, 2.45) is 0 Å². The molecule has 2 heterocycles. The van der Waals surface area contributed by atoms with Gasteiger partial charge in [-0.3, -0.25) is 9.69 Å². The highest BCUT2D eigenvalue weighted by Crippen LogP contribution is 2.44. The van der Waals surface area contributed by atoms with E-state index in [2.05, 4.69) is 4.90 Å². The van der Waals surface area contributed by atoms with Gasteiger partial charge < -0.3 is 9.47 Å². The minimum Gasteiger partial charge on any atom is -0.492 e. The van der Waals surface area contributed by atoms with Crippen LogP contribution in [0.5, 0.6) is 11.5 Å². The number of rotatable bonds is 9. The molecule has 5 aromatic rings. The van der Waals surface area contributed by atoms with Crippen LogP contribution in [0.2, 0.25) is 0 Å². The first-order valence-corrected chi connectivity index (χ1v) is 14.6. The van der Waals surface area contributed by atoms with Crippen molar-refractivity contribution in [2.75, 3.05) is 26.2 Å². The number of likely N-dealkylation sites (tertiary alicyclic amines) is 1. The first-order valence-electron chi connectivity index (χ1n) is 13.8. The molecule has 0 unspecified atom stereocenters. The van der Waals surface area contributed by atoms with Crippen LogP contribution in [0.15, 0.2) is 91.0 Å². The van der Waals surface area contributed by atoms with Crippen molar-refractivity contribution in [1.29, 1.82) is 0 Å². The van der Waals surface area contributed by atoms with Crippen molar-refractivity contribution in [3.8, 4) is 21.9 Å². The molecule has 42 heavy (non-hydrogen) atoms. The van der Waals surface area contributed by atoms with Crippen LogP contribution in [0.3, 0.4) is 0 Å². The van der Waals surface area contributed by atoms with E-state index in [0.717, 1.165) is 35.6 Å². The first kappa shape index (κ1) is 27.8. The molecule has 6 rings (SSSR count). The maximum absolute atomic E-state index is 14.0. The maximum atomic E-state index is 14.0.